The topological polar surface area (TPSA) is 27.3 Å². The molecular formula is C16H33N3. The fourth-order valence-corrected chi connectivity index (χ4v) is 4.12. The first kappa shape index (κ1) is 15.3. The van der Waals surface area contributed by atoms with Gasteiger partial charge in [0, 0.05) is 25.2 Å². The van der Waals surface area contributed by atoms with Crippen LogP contribution in [0, 0.1) is 11.3 Å². The summed E-state index contributed by atoms with van der Waals surface area (Å²) in [6.07, 6.45) is 6.98. The van der Waals surface area contributed by atoms with E-state index < -0.39 is 0 Å². The fraction of sp³-hybridized carbons (Fsp3) is 1.00. The summed E-state index contributed by atoms with van der Waals surface area (Å²) in [7, 11) is 4.34. The Hall–Kier alpha value is -0.120. The Kier molecular flexibility index (Phi) is 5.27. The van der Waals surface area contributed by atoms with Gasteiger partial charge in [-0.1, -0.05) is 20.3 Å². The van der Waals surface area contributed by atoms with Gasteiger partial charge in [0.15, 0.2) is 0 Å². The Morgan fingerprint density at radius 2 is 1.95 bits per heavy atom. The Labute approximate surface area is 119 Å². The van der Waals surface area contributed by atoms with Crippen LogP contribution >= 0.6 is 0 Å². The second kappa shape index (κ2) is 6.55. The number of nitrogens with zero attached hydrogens (tertiary/aromatic N) is 1. The van der Waals surface area contributed by atoms with Gasteiger partial charge < -0.3 is 15.5 Å². The first-order chi connectivity index (χ1) is 8.98. The van der Waals surface area contributed by atoms with Crippen LogP contribution in [0.5, 0.6) is 0 Å². The predicted molar refractivity (Wildman–Crippen MR) is 82.5 cm³/mol. The Morgan fingerprint density at radius 1 is 1.16 bits per heavy atom. The number of rotatable bonds is 6. The molecule has 3 unspecified atom stereocenters. The van der Waals surface area contributed by atoms with E-state index in [-0.39, 0.29) is 0 Å². The molecule has 1 aliphatic carbocycles. The van der Waals surface area contributed by atoms with Crippen molar-refractivity contribution in [2.75, 3.05) is 33.7 Å². The molecular weight excluding hydrogens is 234 g/mol. The third-order valence-corrected chi connectivity index (χ3v) is 4.77. The zero-order valence-electron chi connectivity index (χ0n) is 13.3. The van der Waals surface area contributed by atoms with Crippen LogP contribution in [0.25, 0.3) is 0 Å². The molecule has 2 rings (SSSR count). The van der Waals surface area contributed by atoms with Crippen molar-refractivity contribution in [2.24, 2.45) is 11.3 Å². The smallest absolute Gasteiger partial charge is 0.0111 e. The predicted octanol–water partition coefficient (Wildman–Crippen LogP) is 2.08. The summed E-state index contributed by atoms with van der Waals surface area (Å²) in [5.74, 6) is 0.873. The molecule has 1 heterocycles. The average Bonchev–Trinajstić information content (AvgIpc) is 2.95. The highest BCUT2D eigenvalue weighted by Crippen LogP contribution is 2.32. The van der Waals surface area contributed by atoms with Gasteiger partial charge in [0.1, 0.15) is 0 Å². The molecule has 0 radical (unpaired) electrons. The summed E-state index contributed by atoms with van der Waals surface area (Å²) in [5.41, 5.74) is 0.361. The molecule has 0 aromatic rings. The van der Waals surface area contributed by atoms with Gasteiger partial charge in [0.2, 0.25) is 0 Å². The summed E-state index contributed by atoms with van der Waals surface area (Å²) in [4.78, 5) is 2.30. The van der Waals surface area contributed by atoms with E-state index in [4.69, 9.17) is 0 Å². The highest BCUT2D eigenvalue weighted by atomic mass is 15.1. The molecule has 2 N–H and O–H groups in total. The highest BCUT2D eigenvalue weighted by molar-refractivity contribution is 4.94. The minimum Gasteiger partial charge on any atom is -0.314 e. The molecule has 0 bridgehead atoms. The summed E-state index contributed by atoms with van der Waals surface area (Å²) in [5, 5.41) is 7.60. The van der Waals surface area contributed by atoms with E-state index in [9.17, 15) is 0 Å². The largest absolute Gasteiger partial charge is 0.314 e. The molecule has 3 nitrogen and oxygen atoms in total. The lowest BCUT2D eigenvalue weighted by Crippen LogP contribution is -2.46. The maximum absolute atomic E-state index is 3.89. The van der Waals surface area contributed by atoms with Gasteiger partial charge >= 0.3 is 0 Å². The van der Waals surface area contributed by atoms with Crippen LogP contribution in [-0.4, -0.2) is 50.7 Å². The third-order valence-electron chi connectivity index (χ3n) is 4.77. The summed E-state index contributed by atoms with van der Waals surface area (Å²) < 4.78 is 0. The maximum Gasteiger partial charge on any atom is 0.0111 e. The number of nitrogens with one attached hydrogen (secondary N) is 2. The normalized spacial score (nSPS) is 32.4. The van der Waals surface area contributed by atoms with E-state index in [1.807, 2.05) is 0 Å². The molecule has 0 spiro atoms. The first-order valence-corrected chi connectivity index (χ1v) is 8.09. The molecule has 1 aliphatic heterocycles. The minimum absolute atomic E-state index is 0.361. The minimum atomic E-state index is 0.361. The van der Waals surface area contributed by atoms with Crippen LogP contribution in [0.1, 0.15) is 46.0 Å². The monoisotopic (exact) mass is 267 g/mol. The van der Waals surface area contributed by atoms with Crippen molar-refractivity contribution in [3.8, 4) is 0 Å². The summed E-state index contributed by atoms with van der Waals surface area (Å²) in [6.45, 7) is 8.27. The first-order valence-electron chi connectivity index (χ1n) is 8.09. The molecule has 3 atom stereocenters. The molecule has 2 fully saturated rings. The molecule has 112 valence electrons. The lowest BCUT2D eigenvalue weighted by atomic mass is 9.89. The standard InChI is InChI=1S/C16H33N3/c1-16(2,12-19(3)4)11-18-15-8-5-7-13(15)14-9-6-10-17-14/h13-15,17-18H,5-12H2,1-4H3. The third kappa shape index (κ3) is 4.44. The van der Waals surface area contributed by atoms with Crippen LogP contribution < -0.4 is 10.6 Å². The fourth-order valence-electron chi connectivity index (χ4n) is 4.12. The van der Waals surface area contributed by atoms with Crippen molar-refractivity contribution in [1.82, 2.24) is 15.5 Å². The van der Waals surface area contributed by atoms with Crippen molar-refractivity contribution in [1.29, 1.82) is 0 Å². The van der Waals surface area contributed by atoms with Gasteiger partial charge in [-0.15, -0.1) is 0 Å². The Morgan fingerprint density at radius 3 is 2.58 bits per heavy atom. The zero-order chi connectivity index (χ0) is 13.9. The van der Waals surface area contributed by atoms with Crippen molar-refractivity contribution in [3.63, 3.8) is 0 Å². The average molecular weight is 267 g/mol. The molecule has 0 aromatic carbocycles. The molecule has 0 amide bonds. The lowest BCUT2D eigenvalue weighted by Gasteiger charge is -2.33. The van der Waals surface area contributed by atoms with Crippen LogP contribution in [-0.2, 0) is 0 Å². The molecule has 3 heteroatoms. The Balaban J connectivity index is 1.80. The van der Waals surface area contributed by atoms with Gasteiger partial charge in [0.25, 0.3) is 0 Å². The van der Waals surface area contributed by atoms with Crippen molar-refractivity contribution in [2.45, 2.75) is 58.0 Å². The van der Waals surface area contributed by atoms with Crippen LogP contribution in [0.3, 0.4) is 0 Å². The molecule has 19 heavy (non-hydrogen) atoms. The van der Waals surface area contributed by atoms with Crippen LogP contribution in [0.15, 0.2) is 0 Å². The van der Waals surface area contributed by atoms with Crippen molar-refractivity contribution >= 4 is 0 Å². The van der Waals surface area contributed by atoms with E-state index in [0.29, 0.717) is 5.41 Å². The van der Waals surface area contributed by atoms with E-state index in [1.54, 1.807) is 0 Å². The van der Waals surface area contributed by atoms with Gasteiger partial charge in [-0.2, -0.15) is 0 Å². The van der Waals surface area contributed by atoms with Gasteiger partial charge in [-0.05, 0) is 57.7 Å². The second-order valence-corrected chi connectivity index (χ2v) is 7.69. The molecule has 0 aromatic heterocycles. The van der Waals surface area contributed by atoms with Gasteiger partial charge in [0.05, 0.1) is 0 Å². The van der Waals surface area contributed by atoms with Crippen LogP contribution in [0.4, 0.5) is 0 Å². The zero-order valence-corrected chi connectivity index (χ0v) is 13.3. The van der Waals surface area contributed by atoms with E-state index in [2.05, 4.69) is 43.5 Å². The second-order valence-electron chi connectivity index (χ2n) is 7.69. The van der Waals surface area contributed by atoms with Crippen molar-refractivity contribution < 1.29 is 0 Å². The molecule has 2 aliphatic rings. The van der Waals surface area contributed by atoms with E-state index in [1.165, 1.54) is 38.6 Å². The maximum atomic E-state index is 3.89. The molecule has 1 saturated heterocycles. The SMILES string of the molecule is CN(C)CC(C)(C)CNC1CCCC1C1CCCN1. The van der Waals surface area contributed by atoms with E-state index in [0.717, 1.165) is 31.1 Å². The number of hydrogen-bond donors (Lipinski definition) is 2. The van der Waals surface area contributed by atoms with Crippen molar-refractivity contribution in [3.05, 3.63) is 0 Å². The summed E-state index contributed by atoms with van der Waals surface area (Å²) >= 11 is 0. The van der Waals surface area contributed by atoms with Crippen LogP contribution in [0.2, 0.25) is 0 Å². The quantitative estimate of drug-likeness (QED) is 0.771. The lowest BCUT2D eigenvalue weighted by molar-refractivity contribution is 0.212. The Bertz CT molecular complexity index is 269. The van der Waals surface area contributed by atoms with Gasteiger partial charge in [-0.3, -0.25) is 0 Å². The number of hydrogen-bond acceptors (Lipinski definition) is 3. The summed E-state index contributed by atoms with van der Waals surface area (Å²) in [6, 6.07) is 1.54. The van der Waals surface area contributed by atoms with E-state index >= 15 is 0 Å². The van der Waals surface area contributed by atoms with Gasteiger partial charge in [-0.25, -0.2) is 0 Å². The highest BCUT2D eigenvalue weighted by Gasteiger charge is 2.35. The molecule has 1 saturated carbocycles.